The summed E-state index contributed by atoms with van der Waals surface area (Å²) in [6.07, 6.45) is 0.194. The first-order valence-electron chi connectivity index (χ1n) is 8.40. The van der Waals surface area contributed by atoms with Crippen molar-refractivity contribution in [2.45, 2.75) is 26.3 Å². The van der Waals surface area contributed by atoms with Gasteiger partial charge >= 0.3 is 0 Å². The van der Waals surface area contributed by atoms with Gasteiger partial charge in [-0.2, -0.15) is 0 Å². The van der Waals surface area contributed by atoms with Gasteiger partial charge in [-0.3, -0.25) is 9.59 Å². The van der Waals surface area contributed by atoms with E-state index in [0.29, 0.717) is 6.54 Å². The van der Waals surface area contributed by atoms with Crippen LogP contribution in [0.5, 0.6) is 0 Å². The SMILES string of the molecule is CC(C)CC(=O)C1=C(O)C(=O)N(CCN(C)C)C1c1ccccc1F. The Kier molecular flexibility index (Phi) is 5.95. The molecule has 0 spiro atoms. The van der Waals surface area contributed by atoms with Crippen molar-refractivity contribution in [2.24, 2.45) is 5.92 Å². The van der Waals surface area contributed by atoms with E-state index in [1.165, 1.54) is 11.0 Å². The van der Waals surface area contributed by atoms with Gasteiger partial charge in [0.15, 0.2) is 11.5 Å². The third-order valence-corrected chi connectivity index (χ3v) is 4.19. The number of benzene rings is 1. The molecule has 1 atom stereocenters. The number of aliphatic hydroxyl groups is 1. The van der Waals surface area contributed by atoms with Crippen LogP contribution in [0, 0.1) is 11.7 Å². The van der Waals surface area contributed by atoms with Crippen molar-refractivity contribution in [3.8, 4) is 0 Å². The summed E-state index contributed by atoms with van der Waals surface area (Å²) in [5.74, 6) is -1.93. The lowest BCUT2D eigenvalue weighted by Crippen LogP contribution is -2.37. The molecule has 6 heteroatoms. The predicted molar refractivity (Wildman–Crippen MR) is 93.5 cm³/mol. The van der Waals surface area contributed by atoms with E-state index in [4.69, 9.17) is 0 Å². The fourth-order valence-corrected chi connectivity index (χ4v) is 2.98. The number of ketones is 1. The number of aliphatic hydroxyl groups excluding tert-OH is 1. The van der Waals surface area contributed by atoms with Crippen LogP contribution in [0.2, 0.25) is 0 Å². The third kappa shape index (κ3) is 4.07. The molecule has 1 amide bonds. The van der Waals surface area contributed by atoms with Crippen molar-refractivity contribution in [3.05, 3.63) is 47.0 Å². The summed E-state index contributed by atoms with van der Waals surface area (Å²) in [6.45, 7) is 4.59. The zero-order chi connectivity index (χ0) is 18.7. The summed E-state index contributed by atoms with van der Waals surface area (Å²) in [7, 11) is 3.72. The van der Waals surface area contributed by atoms with Crippen LogP contribution >= 0.6 is 0 Å². The van der Waals surface area contributed by atoms with Crippen molar-refractivity contribution in [1.82, 2.24) is 9.80 Å². The molecule has 1 N–H and O–H groups in total. The van der Waals surface area contributed by atoms with Gasteiger partial charge < -0.3 is 14.9 Å². The lowest BCUT2D eigenvalue weighted by molar-refractivity contribution is -0.129. The maximum Gasteiger partial charge on any atom is 0.290 e. The molecule has 1 aromatic rings. The lowest BCUT2D eigenvalue weighted by Gasteiger charge is -2.28. The fourth-order valence-electron chi connectivity index (χ4n) is 2.98. The molecule has 0 aliphatic carbocycles. The minimum atomic E-state index is -0.889. The van der Waals surface area contributed by atoms with Crippen LogP contribution in [0.4, 0.5) is 4.39 Å². The molecule has 1 aliphatic heterocycles. The first-order valence-corrected chi connectivity index (χ1v) is 8.40. The highest BCUT2D eigenvalue weighted by atomic mass is 19.1. The number of amides is 1. The van der Waals surface area contributed by atoms with E-state index in [1.807, 2.05) is 32.8 Å². The van der Waals surface area contributed by atoms with Gasteiger partial charge in [-0.25, -0.2) is 4.39 Å². The number of nitrogens with zero attached hydrogens (tertiary/aromatic N) is 2. The molecule has 25 heavy (non-hydrogen) atoms. The van der Waals surface area contributed by atoms with Gasteiger partial charge in [0.2, 0.25) is 0 Å². The highest BCUT2D eigenvalue weighted by molar-refractivity contribution is 6.09. The largest absolute Gasteiger partial charge is 0.503 e. The van der Waals surface area contributed by atoms with E-state index in [1.54, 1.807) is 18.2 Å². The Morgan fingerprint density at radius 1 is 1.32 bits per heavy atom. The zero-order valence-corrected chi connectivity index (χ0v) is 15.1. The number of hydrogen-bond donors (Lipinski definition) is 1. The Bertz CT molecular complexity index is 698. The Labute approximate surface area is 147 Å². The average Bonchev–Trinajstić information content (AvgIpc) is 2.76. The van der Waals surface area contributed by atoms with Gasteiger partial charge in [0.25, 0.3) is 5.91 Å². The van der Waals surface area contributed by atoms with Crippen LogP contribution in [0.15, 0.2) is 35.6 Å². The van der Waals surface area contributed by atoms with Gasteiger partial charge in [-0.1, -0.05) is 32.0 Å². The first kappa shape index (κ1) is 19.1. The van der Waals surface area contributed by atoms with E-state index < -0.39 is 23.5 Å². The minimum Gasteiger partial charge on any atom is -0.503 e. The van der Waals surface area contributed by atoms with E-state index >= 15 is 0 Å². The Balaban J connectivity index is 2.48. The second kappa shape index (κ2) is 7.78. The normalized spacial score (nSPS) is 18.0. The quantitative estimate of drug-likeness (QED) is 0.823. The highest BCUT2D eigenvalue weighted by Gasteiger charge is 2.44. The molecule has 0 saturated heterocycles. The summed E-state index contributed by atoms with van der Waals surface area (Å²) >= 11 is 0. The zero-order valence-electron chi connectivity index (χ0n) is 15.1. The van der Waals surface area contributed by atoms with Gasteiger partial charge in [0, 0.05) is 25.1 Å². The molecule has 2 rings (SSSR count). The van der Waals surface area contributed by atoms with Crippen molar-refractivity contribution in [3.63, 3.8) is 0 Å². The summed E-state index contributed by atoms with van der Waals surface area (Å²) < 4.78 is 14.4. The van der Waals surface area contributed by atoms with Crippen LogP contribution in [-0.2, 0) is 9.59 Å². The molecule has 0 radical (unpaired) electrons. The fraction of sp³-hybridized carbons (Fsp3) is 0.474. The highest BCUT2D eigenvalue weighted by Crippen LogP contribution is 2.39. The Morgan fingerprint density at radius 3 is 2.52 bits per heavy atom. The van der Waals surface area contributed by atoms with Gasteiger partial charge in [0.05, 0.1) is 11.6 Å². The lowest BCUT2D eigenvalue weighted by atomic mass is 9.92. The van der Waals surface area contributed by atoms with Crippen LogP contribution in [0.1, 0.15) is 31.9 Å². The van der Waals surface area contributed by atoms with Crippen molar-refractivity contribution < 1.29 is 19.1 Å². The molecule has 0 aromatic heterocycles. The molecule has 1 heterocycles. The summed E-state index contributed by atoms with van der Waals surface area (Å²) in [6, 6.07) is 5.17. The van der Waals surface area contributed by atoms with Gasteiger partial charge in [-0.15, -0.1) is 0 Å². The molecule has 0 saturated carbocycles. The van der Waals surface area contributed by atoms with Crippen molar-refractivity contribution in [2.75, 3.05) is 27.2 Å². The molecular weight excluding hydrogens is 323 g/mol. The Morgan fingerprint density at radius 2 is 1.96 bits per heavy atom. The second-order valence-electron chi connectivity index (χ2n) is 7.01. The molecule has 1 unspecified atom stereocenters. The molecular formula is C19H25FN2O3. The standard InChI is InChI=1S/C19H25FN2O3/c1-12(2)11-15(23)16-17(13-7-5-6-8-14(13)20)22(10-9-21(3)4)19(25)18(16)24/h5-8,12,17,24H,9-11H2,1-4H3. The number of carbonyl (C=O) groups excluding carboxylic acids is 2. The van der Waals surface area contributed by atoms with E-state index in [9.17, 15) is 19.1 Å². The number of carbonyl (C=O) groups is 2. The molecule has 136 valence electrons. The average molecular weight is 348 g/mol. The monoisotopic (exact) mass is 348 g/mol. The molecule has 1 aliphatic rings. The summed E-state index contributed by atoms with van der Waals surface area (Å²) in [5, 5.41) is 10.3. The van der Waals surface area contributed by atoms with Crippen molar-refractivity contribution >= 4 is 11.7 Å². The van der Waals surface area contributed by atoms with Crippen LogP contribution in [0.3, 0.4) is 0 Å². The van der Waals surface area contributed by atoms with Gasteiger partial charge in [0.1, 0.15) is 5.82 Å². The maximum absolute atomic E-state index is 14.4. The van der Waals surface area contributed by atoms with Crippen LogP contribution in [0.25, 0.3) is 0 Å². The van der Waals surface area contributed by atoms with Gasteiger partial charge in [-0.05, 0) is 26.1 Å². The number of rotatable bonds is 7. The molecule has 1 aromatic carbocycles. The molecule has 0 fully saturated rings. The molecule has 5 nitrogen and oxygen atoms in total. The summed E-state index contributed by atoms with van der Waals surface area (Å²) in [5.41, 5.74) is 0.230. The Hall–Kier alpha value is -2.21. The predicted octanol–water partition coefficient (Wildman–Crippen LogP) is 2.70. The summed E-state index contributed by atoms with van der Waals surface area (Å²) in [4.78, 5) is 28.5. The van der Waals surface area contributed by atoms with E-state index in [-0.39, 0.29) is 35.8 Å². The van der Waals surface area contributed by atoms with Crippen molar-refractivity contribution in [1.29, 1.82) is 0 Å². The van der Waals surface area contributed by atoms with E-state index in [0.717, 1.165) is 0 Å². The second-order valence-corrected chi connectivity index (χ2v) is 7.01. The van der Waals surface area contributed by atoms with E-state index in [2.05, 4.69) is 0 Å². The third-order valence-electron chi connectivity index (χ3n) is 4.19. The number of hydrogen-bond acceptors (Lipinski definition) is 4. The number of likely N-dealkylation sites (N-methyl/N-ethyl adjacent to an activating group) is 1. The topological polar surface area (TPSA) is 60.9 Å². The number of halogens is 1. The van der Waals surface area contributed by atoms with Crippen LogP contribution < -0.4 is 0 Å². The smallest absolute Gasteiger partial charge is 0.290 e. The maximum atomic E-state index is 14.4. The first-order chi connectivity index (χ1) is 11.7. The number of Topliss-reactive ketones (excluding diaryl/α,β-unsaturated/α-hetero) is 1. The van der Waals surface area contributed by atoms with Crippen LogP contribution in [-0.4, -0.2) is 53.8 Å². The minimum absolute atomic E-state index is 0.00237. The molecule has 0 bridgehead atoms.